The van der Waals surface area contributed by atoms with Crippen LogP contribution in [0.15, 0.2) is 0 Å². The van der Waals surface area contributed by atoms with Crippen molar-refractivity contribution in [1.82, 2.24) is 9.80 Å². The van der Waals surface area contributed by atoms with E-state index in [1.54, 1.807) is 11.8 Å². The fourth-order valence-corrected chi connectivity index (χ4v) is 2.30. The number of nitrogens with zero attached hydrogens (tertiary/aromatic N) is 2. The molecule has 1 aliphatic heterocycles. The van der Waals surface area contributed by atoms with Gasteiger partial charge >= 0.3 is 0 Å². The topological polar surface area (TPSA) is 40.6 Å². The van der Waals surface area contributed by atoms with Crippen LogP contribution in [0.5, 0.6) is 0 Å². The van der Waals surface area contributed by atoms with E-state index in [1.165, 1.54) is 0 Å². The maximum Gasteiger partial charge on any atom is 0.224 e. The van der Waals surface area contributed by atoms with Crippen LogP contribution in [0.1, 0.15) is 47.0 Å². The van der Waals surface area contributed by atoms with E-state index in [2.05, 4.69) is 0 Å². The maximum absolute atomic E-state index is 11.9. The Bertz CT molecular complexity index is 288. The summed E-state index contributed by atoms with van der Waals surface area (Å²) >= 11 is 0. The predicted molar refractivity (Wildman–Crippen MR) is 67.6 cm³/mol. The molecule has 0 aliphatic carbocycles. The fourth-order valence-electron chi connectivity index (χ4n) is 2.30. The van der Waals surface area contributed by atoms with E-state index in [1.807, 2.05) is 25.7 Å². The number of carbonyl (C=O) groups excluding carboxylic acids is 2. The van der Waals surface area contributed by atoms with Gasteiger partial charge in [-0.2, -0.15) is 0 Å². The molecule has 0 aromatic carbocycles. The van der Waals surface area contributed by atoms with Gasteiger partial charge in [-0.15, -0.1) is 0 Å². The van der Waals surface area contributed by atoms with E-state index >= 15 is 0 Å². The highest BCUT2D eigenvalue weighted by Crippen LogP contribution is 2.15. The molecule has 0 spiro atoms. The van der Waals surface area contributed by atoms with Crippen LogP contribution in [0.4, 0.5) is 0 Å². The first-order valence-corrected chi connectivity index (χ1v) is 6.38. The Labute approximate surface area is 104 Å². The third-order valence-electron chi connectivity index (χ3n) is 3.20. The highest BCUT2D eigenvalue weighted by molar-refractivity contribution is 5.78. The Kier molecular flexibility index (Phi) is 4.54. The summed E-state index contributed by atoms with van der Waals surface area (Å²) in [6.07, 6.45) is 2.67. The molecule has 0 bridgehead atoms. The van der Waals surface area contributed by atoms with Crippen molar-refractivity contribution in [3.05, 3.63) is 0 Å². The van der Waals surface area contributed by atoms with Crippen molar-refractivity contribution < 1.29 is 9.59 Å². The molecule has 0 saturated carbocycles. The van der Waals surface area contributed by atoms with Gasteiger partial charge in [0, 0.05) is 38.5 Å². The molecular formula is C13H24N2O2. The van der Waals surface area contributed by atoms with Crippen molar-refractivity contribution in [2.75, 3.05) is 19.6 Å². The van der Waals surface area contributed by atoms with Gasteiger partial charge in [-0.1, -0.05) is 0 Å². The van der Waals surface area contributed by atoms with Crippen molar-refractivity contribution in [1.29, 1.82) is 0 Å². The Morgan fingerprint density at radius 3 is 2.12 bits per heavy atom. The molecule has 98 valence electrons. The van der Waals surface area contributed by atoms with Crippen molar-refractivity contribution in [3.8, 4) is 0 Å². The molecule has 4 nitrogen and oxygen atoms in total. The summed E-state index contributed by atoms with van der Waals surface area (Å²) < 4.78 is 0. The van der Waals surface area contributed by atoms with Gasteiger partial charge in [0.05, 0.1) is 0 Å². The third-order valence-corrected chi connectivity index (χ3v) is 3.20. The molecule has 1 saturated heterocycles. The Hall–Kier alpha value is -1.06. The molecule has 0 aromatic heterocycles. The second-order valence-electron chi connectivity index (χ2n) is 5.68. The first-order valence-electron chi connectivity index (χ1n) is 6.38. The molecule has 4 heteroatoms. The van der Waals surface area contributed by atoms with Crippen molar-refractivity contribution in [3.63, 3.8) is 0 Å². The lowest BCUT2D eigenvalue weighted by Crippen LogP contribution is -2.46. The lowest BCUT2D eigenvalue weighted by atomic mass is 10.1. The van der Waals surface area contributed by atoms with E-state index in [9.17, 15) is 9.59 Å². The van der Waals surface area contributed by atoms with Crippen LogP contribution in [-0.2, 0) is 9.59 Å². The number of rotatable bonds is 3. The largest absolute Gasteiger partial charge is 0.343 e. The first-order chi connectivity index (χ1) is 7.82. The molecule has 17 heavy (non-hydrogen) atoms. The van der Waals surface area contributed by atoms with Crippen molar-refractivity contribution in [2.45, 2.75) is 52.5 Å². The van der Waals surface area contributed by atoms with Gasteiger partial charge < -0.3 is 9.80 Å². The summed E-state index contributed by atoms with van der Waals surface area (Å²) in [7, 11) is 0. The standard InChI is InChI=1S/C13H24N2O2/c1-11(16)15(13(2,3)4)10-7-12(17)14-8-5-6-9-14/h5-10H2,1-4H3. The monoisotopic (exact) mass is 240 g/mol. The summed E-state index contributed by atoms with van der Waals surface area (Å²) in [5.41, 5.74) is -0.211. The van der Waals surface area contributed by atoms with Crippen LogP contribution in [0.3, 0.4) is 0 Å². The van der Waals surface area contributed by atoms with Gasteiger partial charge in [-0.3, -0.25) is 9.59 Å². The van der Waals surface area contributed by atoms with Crippen LogP contribution in [0.2, 0.25) is 0 Å². The summed E-state index contributed by atoms with van der Waals surface area (Å²) in [4.78, 5) is 27.1. The maximum atomic E-state index is 11.9. The van der Waals surface area contributed by atoms with Crippen LogP contribution in [-0.4, -0.2) is 46.8 Å². The number of likely N-dealkylation sites (tertiary alicyclic amines) is 1. The normalized spacial score (nSPS) is 16.1. The SMILES string of the molecule is CC(=O)N(CCC(=O)N1CCCC1)C(C)(C)C. The summed E-state index contributed by atoms with van der Waals surface area (Å²) in [6, 6.07) is 0. The van der Waals surface area contributed by atoms with Crippen LogP contribution < -0.4 is 0 Å². The minimum Gasteiger partial charge on any atom is -0.343 e. The smallest absolute Gasteiger partial charge is 0.224 e. The number of carbonyl (C=O) groups is 2. The number of amides is 2. The molecule has 0 aromatic rings. The molecule has 1 rings (SSSR count). The average Bonchev–Trinajstić information content (AvgIpc) is 2.67. The second-order valence-corrected chi connectivity index (χ2v) is 5.68. The zero-order chi connectivity index (χ0) is 13.1. The lowest BCUT2D eigenvalue weighted by molar-refractivity contribution is -0.136. The summed E-state index contributed by atoms with van der Waals surface area (Å²) in [5.74, 6) is 0.213. The highest BCUT2D eigenvalue weighted by Gasteiger charge is 2.25. The molecule has 1 fully saturated rings. The molecule has 2 amide bonds. The van der Waals surface area contributed by atoms with E-state index in [4.69, 9.17) is 0 Å². The highest BCUT2D eigenvalue weighted by atomic mass is 16.2. The zero-order valence-corrected chi connectivity index (χ0v) is 11.5. The molecule has 0 atom stereocenters. The van der Waals surface area contributed by atoms with Crippen molar-refractivity contribution >= 4 is 11.8 Å². The van der Waals surface area contributed by atoms with Crippen molar-refractivity contribution in [2.24, 2.45) is 0 Å². The molecule has 0 radical (unpaired) electrons. The van der Waals surface area contributed by atoms with Gasteiger partial charge in [0.25, 0.3) is 0 Å². The van der Waals surface area contributed by atoms with Gasteiger partial charge in [-0.05, 0) is 33.6 Å². The Morgan fingerprint density at radius 1 is 1.18 bits per heavy atom. The molecule has 0 unspecified atom stereocenters. The van der Waals surface area contributed by atoms with E-state index in [0.717, 1.165) is 25.9 Å². The number of hydrogen-bond acceptors (Lipinski definition) is 2. The first kappa shape index (κ1) is 14.0. The fraction of sp³-hybridized carbons (Fsp3) is 0.846. The van der Waals surface area contributed by atoms with Gasteiger partial charge in [0.1, 0.15) is 0 Å². The van der Waals surface area contributed by atoms with Crippen LogP contribution in [0.25, 0.3) is 0 Å². The minimum atomic E-state index is -0.211. The minimum absolute atomic E-state index is 0.0340. The van der Waals surface area contributed by atoms with E-state index in [-0.39, 0.29) is 17.4 Å². The third kappa shape index (κ3) is 4.02. The average molecular weight is 240 g/mol. The zero-order valence-electron chi connectivity index (χ0n) is 11.5. The molecular weight excluding hydrogens is 216 g/mol. The van der Waals surface area contributed by atoms with Crippen LogP contribution in [0, 0.1) is 0 Å². The van der Waals surface area contributed by atoms with E-state index < -0.39 is 0 Å². The van der Waals surface area contributed by atoms with E-state index in [0.29, 0.717) is 13.0 Å². The summed E-state index contributed by atoms with van der Waals surface area (Å²) in [6.45, 7) is 9.83. The predicted octanol–water partition coefficient (Wildman–Crippen LogP) is 1.65. The quantitative estimate of drug-likeness (QED) is 0.752. The Balaban J connectivity index is 2.46. The molecule has 0 N–H and O–H groups in total. The number of hydrogen-bond donors (Lipinski definition) is 0. The molecule has 1 heterocycles. The van der Waals surface area contributed by atoms with Gasteiger partial charge in [0.2, 0.25) is 11.8 Å². The van der Waals surface area contributed by atoms with Crippen LogP contribution >= 0.6 is 0 Å². The summed E-state index contributed by atoms with van der Waals surface area (Å²) in [5, 5.41) is 0. The second kappa shape index (κ2) is 5.52. The Morgan fingerprint density at radius 2 is 1.71 bits per heavy atom. The molecule has 1 aliphatic rings. The van der Waals surface area contributed by atoms with Gasteiger partial charge in [0.15, 0.2) is 0 Å². The van der Waals surface area contributed by atoms with Gasteiger partial charge in [-0.25, -0.2) is 0 Å². The lowest BCUT2D eigenvalue weighted by Gasteiger charge is -2.35.